The van der Waals surface area contributed by atoms with Crippen LogP contribution in [0.1, 0.15) is 167 Å². The second-order valence-electron chi connectivity index (χ2n) is 20.6. The van der Waals surface area contributed by atoms with Crippen molar-refractivity contribution in [1.29, 1.82) is 0 Å². The van der Waals surface area contributed by atoms with Crippen molar-refractivity contribution in [2.45, 2.75) is 156 Å². The Hall–Kier alpha value is -2.74. The molecule has 2 saturated heterocycles. The highest BCUT2D eigenvalue weighted by molar-refractivity contribution is 7.16. The summed E-state index contributed by atoms with van der Waals surface area (Å²) in [6, 6.07) is 12.4. The smallest absolute Gasteiger partial charge is 0.410 e. The fraction of sp³-hybridized carbons (Fsp3) is 0.667. The summed E-state index contributed by atoms with van der Waals surface area (Å²) in [7, 11) is 0. The molecule has 4 aliphatic rings. The van der Waals surface area contributed by atoms with Crippen LogP contribution in [0.25, 0.3) is 0 Å². The first-order chi connectivity index (χ1) is 31.0. The number of ether oxygens (including phenoxy) is 1. The van der Waals surface area contributed by atoms with Gasteiger partial charge in [0, 0.05) is 57.9 Å². The number of carbonyl (C=O) groups excluding carboxylic acids is 3. The van der Waals surface area contributed by atoms with Crippen molar-refractivity contribution >= 4 is 76.2 Å². The number of carbonyl (C=O) groups is 3. The summed E-state index contributed by atoms with van der Waals surface area (Å²) in [6.45, 7) is 17.9. The van der Waals surface area contributed by atoms with Crippen molar-refractivity contribution in [2.24, 2.45) is 35.5 Å². The molecule has 66 heavy (non-hydrogen) atoms. The van der Waals surface area contributed by atoms with Gasteiger partial charge in [0.1, 0.15) is 5.60 Å². The van der Waals surface area contributed by atoms with Crippen LogP contribution in [0.5, 0.6) is 0 Å². The SMILES string of the molecule is CC1CCCC(C)C1C(=O)n1nc(C2CCN(C(=O)OC(C)(C)C)CC2)cc1CCc1ccc(Cl)s1.CC1CCCC(C)C1C(=O)n1nc(C2CCNCC2)cc1CCc1ccc(Cl)s1.Cl. The lowest BCUT2D eigenvalue weighted by Gasteiger charge is -2.33. The molecule has 4 aromatic rings. The van der Waals surface area contributed by atoms with E-state index in [-0.39, 0.29) is 48.1 Å². The normalized spacial score (nSPS) is 24.3. The summed E-state index contributed by atoms with van der Waals surface area (Å²) in [6.07, 6.45) is 13.8. The van der Waals surface area contributed by atoms with Gasteiger partial charge in [0.2, 0.25) is 0 Å². The van der Waals surface area contributed by atoms with E-state index in [2.05, 4.69) is 57.3 Å². The molecule has 8 rings (SSSR count). The number of aryl methyl sites for hydroxylation is 4. The molecular formula is C51H73Cl3N6O4S2. The maximum atomic E-state index is 13.8. The molecule has 4 fully saturated rings. The van der Waals surface area contributed by atoms with E-state index in [1.165, 1.54) is 22.6 Å². The Kier molecular flexibility index (Phi) is 18.9. The number of rotatable bonds is 10. The number of piperidine rings is 2. The predicted molar refractivity (Wildman–Crippen MR) is 272 cm³/mol. The Balaban J connectivity index is 0.000000220. The second-order valence-corrected chi connectivity index (χ2v) is 24.2. The third-order valence-electron chi connectivity index (χ3n) is 14.5. The summed E-state index contributed by atoms with van der Waals surface area (Å²) in [4.78, 5) is 44.2. The first-order valence-corrected chi connectivity index (χ1v) is 26.9. The first-order valence-electron chi connectivity index (χ1n) is 24.5. The average Bonchev–Trinajstić information content (AvgIpc) is 4.09. The lowest BCUT2D eigenvalue weighted by Crippen LogP contribution is -2.41. The van der Waals surface area contributed by atoms with Crippen LogP contribution in [-0.4, -0.2) is 74.1 Å². The molecule has 0 aromatic carbocycles. The highest BCUT2D eigenvalue weighted by Crippen LogP contribution is 2.38. The van der Waals surface area contributed by atoms with Crippen LogP contribution >= 0.6 is 58.3 Å². The molecular weight excluding hydrogens is 931 g/mol. The molecule has 2 aliphatic heterocycles. The summed E-state index contributed by atoms with van der Waals surface area (Å²) in [5, 5.41) is 13.3. The van der Waals surface area contributed by atoms with Gasteiger partial charge >= 0.3 is 6.09 Å². The number of nitrogens with zero attached hydrogens (tertiary/aromatic N) is 5. The number of hydrogen-bond acceptors (Lipinski definition) is 9. The Morgan fingerprint density at radius 1 is 0.652 bits per heavy atom. The molecule has 1 N–H and O–H groups in total. The second kappa shape index (κ2) is 23.7. The quantitative estimate of drug-likeness (QED) is 0.168. The molecule has 0 radical (unpaired) electrons. The predicted octanol–water partition coefficient (Wildman–Crippen LogP) is 13.2. The van der Waals surface area contributed by atoms with E-state index >= 15 is 0 Å². The molecule has 4 aromatic heterocycles. The van der Waals surface area contributed by atoms with E-state index in [1.54, 1.807) is 36.9 Å². The van der Waals surface area contributed by atoms with Crippen LogP contribution < -0.4 is 5.32 Å². The topological polar surface area (TPSA) is 111 Å². The van der Waals surface area contributed by atoms with Gasteiger partial charge in [0.25, 0.3) is 11.8 Å². The zero-order chi connectivity index (χ0) is 46.4. The monoisotopic (exact) mass is 1000 g/mol. The number of hydrogen-bond donors (Lipinski definition) is 1. The van der Waals surface area contributed by atoms with Crippen molar-refractivity contribution in [1.82, 2.24) is 29.8 Å². The maximum absolute atomic E-state index is 13.8. The van der Waals surface area contributed by atoms with E-state index in [9.17, 15) is 14.4 Å². The Labute approximate surface area is 417 Å². The summed E-state index contributed by atoms with van der Waals surface area (Å²) in [5.74, 6) is 2.74. The van der Waals surface area contributed by atoms with Gasteiger partial charge in [-0.05, 0) is 171 Å². The minimum absolute atomic E-state index is 0. The minimum Gasteiger partial charge on any atom is -0.444 e. The zero-order valence-electron chi connectivity index (χ0n) is 40.2. The van der Waals surface area contributed by atoms with Gasteiger partial charge in [0.05, 0.1) is 20.1 Å². The van der Waals surface area contributed by atoms with Crippen molar-refractivity contribution in [3.8, 4) is 0 Å². The van der Waals surface area contributed by atoms with E-state index in [1.807, 2.05) is 32.9 Å². The van der Waals surface area contributed by atoms with Crippen LogP contribution in [0.2, 0.25) is 8.67 Å². The third-order valence-corrected chi connectivity index (χ3v) is 17.1. The van der Waals surface area contributed by atoms with Crippen LogP contribution in [0.15, 0.2) is 36.4 Å². The standard InChI is InChI=1S/C28H40ClN3O3S.C23H32ClN3OS.ClH/c1-18-7-6-8-19(2)25(18)26(33)32-21(9-10-22-11-12-24(29)36-22)17-23(30-32)20-13-15-31(16-14-20)27(34)35-28(3,4)5;1-15-4-3-5-16(2)22(15)23(28)27-18(6-7-19-8-9-21(24)29-19)14-20(26-27)17-10-12-25-13-11-17;/h11-12,17-20,25H,6-10,13-16H2,1-5H3;8-9,14-17,22,25H,3-7,10-13H2,1-2H3;1H. The fourth-order valence-electron chi connectivity index (χ4n) is 10.9. The number of thiophene rings is 2. The van der Waals surface area contributed by atoms with Gasteiger partial charge < -0.3 is 15.0 Å². The number of halogens is 3. The molecule has 2 saturated carbocycles. The summed E-state index contributed by atoms with van der Waals surface area (Å²) < 4.78 is 10.7. The molecule has 0 spiro atoms. The van der Waals surface area contributed by atoms with Crippen LogP contribution in [0, 0.1) is 35.5 Å². The Morgan fingerprint density at radius 3 is 1.44 bits per heavy atom. The Morgan fingerprint density at radius 2 is 1.06 bits per heavy atom. The molecule has 0 bridgehead atoms. The molecule has 4 atom stereocenters. The van der Waals surface area contributed by atoms with Crippen LogP contribution in [0.4, 0.5) is 4.79 Å². The van der Waals surface area contributed by atoms with Gasteiger partial charge in [-0.25, -0.2) is 14.2 Å². The molecule has 15 heteroatoms. The lowest BCUT2D eigenvalue weighted by atomic mass is 9.73. The van der Waals surface area contributed by atoms with Crippen LogP contribution in [-0.2, 0) is 30.4 Å². The number of amides is 1. The number of nitrogens with one attached hydrogen (secondary N) is 1. The number of aromatic nitrogens is 4. The van der Waals surface area contributed by atoms with Crippen molar-refractivity contribution in [3.05, 3.63) is 77.6 Å². The first kappa shape index (κ1) is 52.6. The highest BCUT2D eigenvalue weighted by atomic mass is 35.5. The maximum Gasteiger partial charge on any atom is 0.410 e. The number of likely N-dealkylation sites (tertiary alicyclic amines) is 1. The minimum atomic E-state index is -0.498. The van der Waals surface area contributed by atoms with Gasteiger partial charge in [0.15, 0.2) is 0 Å². The largest absolute Gasteiger partial charge is 0.444 e. The van der Waals surface area contributed by atoms with E-state index in [0.29, 0.717) is 42.7 Å². The van der Waals surface area contributed by atoms with Gasteiger partial charge in [-0.1, -0.05) is 63.7 Å². The van der Waals surface area contributed by atoms with E-state index in [4.69, 9.17) is 38.1 Å². The molecule has 364 valence electrons. The van der Waals surface area contributed by atoms with E-state index in [0.717, 1.165) is 122 Å². The Bertz CT molecular complexity index is 2190. The zero-order valence-corrected chi connectivity index (χ0v) is 44.1. The van der Waals surface area contributed by atoms with Gasteiger partial charge in [-0.2, -0.15) is 10.2 Å². The average molecular weight is 1000 g/mol. The van der Waals surface area contributed by atoms with E-state index < -0.39 is 5.60 Å². The molecule has 10 nitrogen and oxygen atoms in total. The highest BCUT2D eigenvalue weighted by Gasteiger charge is 2.38. The van der Waals surface area contributed by atoms with Gasteiger partial charge in [-0.3, -0.25) is 9.59 Å². The molecule has 6 heterocycles. The molecule has 4 unspecified atom stereocenters. The van der Waals surface area contributed by atoms with Crippen molar-refractivity contribution < 1.29 is 19.1 Å². The lowest BCUT2D eigenvalue weighted by molar-refractivity contribution is 0.0203. The van der Waals surface area contributed by atoms with Gasteiger partial charge in [-0.15, -0.1) is 35.1 Å². The molecule has 2 aliphatic carbocycles. The van der Waals surface area contributed by atoms with Crippen LogP contribution in [0.3, 0.4) is 0 Å². The summed E-state index contributed by atoms with van der Waals surface area (Å²) in [5.41, 5.74) is 3.64. The fourth-order valence-corrected chi connectivity index (χ4v) is 13.1. The third kappa shape index (κ3) is 13.5. The van der Waals surface area contributed by atoms with Crippen molar-refractivity contribution in [3.63, 3.8) is 0 Å². The van der Waals surface area contributed by atoms with Crippen molar-refractivity contribution in [2.75, 3.05) is 26.2 Å². The summed E-state index contributed by atoms with van der Waals surface area (Å²) >= 11 is 15.5. The molecule has 1 amide bonds.